The Hall–Kier alpha value is -5.73. The van der Waals surface area contributed by atoms with Gasteiger partial charge in [0.25, 0.3) is 0 Å². The van der Waals surface area contributed by atoms with Crippen LogP contribution in [0.15, 0.2) is 66.9 Å². The van der Waals surface area contributed by atoms with Crippen molar-refractivity contribution in [3.63, 3.8) is 0 Å². The van der Waals surface area contributed by atoms with Crippen molar-refractivity contribution in [2.24, 2.45) is 0 Å². The van der Waals surface area contributed by atoms with Crippen LogP contribution in [0, 0.1) is 0 Å². The smallest absolute Gasteiger partial charge is 0.408 e. The minimum absolute atomic E-state index is 0.0250. The molecular weight excluding hydrogens is 759 g/mol. The Kier molecular flexibility index (Phi) is 17.7. The topological polar surface area (TPSA) is 200 Å². The average Bonchev–Trinajstić information content (AvgIpc) is 3.13. The van der Waals surface area contributed by atoms with Crippen LogP contribution in [0.4, 0.5) is 9.59 Å². The number of aromatic nitrogens is 1. The maximum atomic E-state index is 13.5. The summed E-state index contributed by atoms with van der Waals surface area (Å²) in [6.07, 6.45) is 1.66. The maximum absolute atomic E-state index is 13.5. The number of unbranched alkanes of at least 4 members (excludes halogenated alkanes) is 1. The molecule has 15 heteroatoms. The van der Waals surface area contributed by atoms with Gasteiger partial charge in [-0.2, -0.15) is 0 Å². The predicted molar refractivity (Wildman–Crippen MR) is 222 cm³/mol. The van der Waals surface area contributed by atoms with Gasteiger partial charge in [0.1, 0.15) is 41.5 Å². The minimum Gasteiger partial charge on any atom is -0.460 e. The molecule has 0 aliphatic rings. The molecule has 4 amide bonds. The Balaban J connectivity index is 1.65. The zero-order valence-corrected chi connectivity index (χ0v) is 35.8. The number of hydrogen-bond donors (Lipinski definition) is 4. The van der Waals surface area contributed by atoms with E-state index in [0.717, 1.165) is 22.0 Å². The zero-order chi connectivity index (χ0) is 43.8. The summed E-state index contributed by atoms with van der Waals surface area (Å²) in [5.74, 6) is -2.45. The third-order valence-corrected chi connectivity index (χ3v) is 8.18. The van der Waals surface area contributed by atoms with Crippen molar-refractivity contribution in [2.45, 2.75) is 142 Å². The molecule has 2 aromatic carbocycles. The summed E-state index contributed by atoms with van der Waals surface area (Å²) in [6, 6.07) is 14.5. The Labute approximate surface area is 347 Å². The Morgan fingerprint density at radius 2 is 1.22 bits per heavy atom. The van der Waals surface area contributed by atoms with E-state index in [1.165, 1.54) is 0 Å². The molecule has 0 spiro atoms. The average molecular weight is 820 g/mol. The second-order valence-corrected chi connectivity index (χ2v) is 17.2. The molecule has 1 heterocycles. The van der Waals surface area contributed by atoms with Crippen LogP contribution in [0.3, 0.4) is 0 Å². The molecular formula is C44H61N5O10. The van der Waals surface area contributed by atoms with Crippen LogP contribution in [0.25, 0.3) is 10.9 Å². The molecule has 59 heavy (non-hydrogen) atoms. The van der Waals surface area contributed by atoms with Crippen molar-refractivity contribution in [1.29, 1.82) is 0 Å². The molecule has 3 rings (SSSR count). The molecule has 0 aliphatic heterocycles. The van der Waals surface area contributed by atoms with Gasteiger partial charge in [-0.3, -0.25) is 14.6 Å². The number of amides is 4. The summed E-state index contributed by atoms with van der Waals surface area (Å²) >= 11 is 0. The van der Waals surface area contributed by atoms with E-state index in [1.807, 2.05) is 60.7 Å². The first kappa shape index (κ1) is 47.6. The number of hydrogen-bond acceptors (Lipinski definition) is 11. The lowest BCUT2D eigenvalue weighted by atomic mass is 10.0. The SMILES string of the molecule is CC(C)(C)OC(=O)CC[C@H](NC(=O)N[C@@H](CCCCNC(=O)[C@@H](Cc1cnc2ccccc2c1)NC(=O)OCc1ccccc1)C(=O)OC(C)(C)C)C(=O)OC(C)(C)C. The Bertz CT molecular complexity index is 1880. The van der Waals surface area contributed by atoms with Crippen LogP contribution >= 0.6 is 0 Å². The van der Waals surface area contributed by atoms with Gasteiger partial charge in [0, 0.05) is 31.0 Å². The fraction of sp³-hybridized carbons (Fsp3) is 0.523. The first-order valence-electron chi connectivity index (χ1n) is 19.9. The van der Waals surface area contributed by atoms with E-state index in [0.29, 0.717) is 12.8 Å². The normalized spacial score (nSPS) is 13.2. The van der Waals surface area contributed by atoms with Crippen molar-refractivity contribution in [3.05, 3.63) is 78.0 Å². The largest absolute Gasteiger partial charge is 0.460 e. The van der Waals surface area contributed by atoms with Gasteiger partial charge in [-0.1, -0.05) is 48.5 Å². The van der Waals surface area contributed by atoms with Crippen LogP contribution in [0.1, 0.15) is 106 Å². The number of ether oxygens (including phenoxy) is 4. The lowest BCUT2D eigenvalue weighted by Gasteiger charge is -2.27. The fourth-order valence-electron chi connectivity index (χ4n) is 5.65. The highest BCUT2D eigenvalue weighted by Gasteiger charge is 2.31. The van der Waals surface area contributed by atoms with Crippen LogP contribution in [-0.2, 0) is 51.2 Å². The van der Waals surface area contributed by atoms with Gasteiger partial charge in [0.05, 0.1) is 5.52 Å². The van der Waals surface area contributed by atoms with E-state index in [2.05, 4.69) is 26.3 Å². The van der Waals surface area contributed by atoms with Gasteiger partial charge in [0.15, 0.2) is 0 Å². The van der Waals surface area contributed by atoms with Crippen molar-refractivity contribution >= 4 is 46.8 Å². The molecule has 3 aromatic rings. The second kappa shape index (κ2) is 21.9. The van der Waals surface area contributed by atoms with Gasteiger partial charge in [0.2, 0.25) is 5.91 Å². The molecule has 4 N–H and O–H groups in total. The number of para-hydroxylation sites is 1. The number of carbonyl (C=O) groups excluding carboxylic acids is 6. The molecule has 0 saturated heterocycles. The number of rotatable bonds is 18. The molecule has 0 unspecified atom stereocenters. The van der Waals surface area contributed by atoms with E-state index in [1.54, 1.807) is 68.5 Å². The standard InChI is InChI=1S/C44H61N5O10/c1-42(2,3)57-36(50)23-22-34(39(53)59-44(7,8)9)48-40(54)47-33(38(52)58-43(4,5)6)21-15-16-24-45-37(51)35(49-41(55)56-28-29-17-11-10-12-18-29)26-30-25-31-19-13-14-20-32(31)46-27-30/h10-14,17-20,25,27,33-35H,15-16,21-24,26,28H2,1-9H3,(H,45,51)(H,49,55)(H2,47,48,54)/t33-,34-,35+/m0/s1. The highest BCUT2D eigenvalue weighted by atomic mass is 16.6. The summed E-state index contributed by atoms with van der Waals surface area (Å²) in [4.78, 5) is 83.0. The van der Waals surface area contributed by atoms with Crippen LogP contribution in [0.5, 0.6) is 0 Å². The molecule has 0 saturated carbocycles. The fourth-order valence-corrected chi connectivity index (χ4v) is 5.65. The maximum Gasteiger partial charge on any atom is 0.408 e. The third kappa shape index (κ3) is 19.0. The quantitative estimate of drug-likeness (QED) is 0.0647. The first-order valence-corrected chi connectivity index (χ1v) is 19.9. The highest BCUT2D eigenvalue weighted by molar-refractivity contribution is 5.88. The van der Waals surface area contributed by atoms with Gasteiger partial charge < -0.3 is 40.2 Å². The molecule has 0 aliphatic carbocycles. The monoisotopic (exact) mass is 819 g/mol. The van der Waals surface area contributed by atoms with Gasteiger partial charge in [-0.05, 0) is 111 Å². The van der Waals surface area contributed by atoms with E-state index < -0.39 is 70.9 Å². The molecule has 322 valence electrons. The number of fused-ring (bicyclic) bond motifs is 1. The van der Waals surface area contributed by atoms with Gasteiger partial charge in [-0.25, -0.2) is 19.2 Å². The van der Waals surface area contributed by atoms with E-state index >= 15 is 0 Å². The Morgan fingerprint density at radius 3 is 1.83 bits per heavy atom. The van der Waals surface area contributed by atoms with Crippen LogP contribution in [-0.4, -0.2) is 82.4 Å². The Morgan fingerprint density at radius 1 is 0.644 bits per heavy atom. The predicted octanol–water partition coefficient (Wildman–Crippen LogP) is 6.20. The summed E-state index contributed by atoms with van der Waals surface area (Å²) in [6.45, 7) is 15.5. The van der Waals surface area contributed by atoms with E-state index in [-0.39, 0.29) is 38.8 Å². The van der Waals surface area contributed by atoms with Crippen LogP contribution < -0.4 is 21.3 Å². The molecule has 3 atom stereocenters. The zero-order valence-electron chi connectivity index (χ0n) is 35.8. The summed E-state index contributed by atoms with van der Waals surface area (Å²) in [7, 11) is 0. The van der Waals surface area contributed by atoms with Crippen molar-refractivity contribution in [1.82, 2.24) is 26.3 Å². The summed E-state index contributed by atoms with van der Waals surface area (Å²) in [5, 5.41) is 11.6. The molecule has 15 nitrogen and oxygen atoms in total. The molecule has 0 bridgehead atoms. The van der Waals surface area contributed by atoms with Crippen molar-refractivity contribution in [3.8, 4) is 0 Å². The molecule has 0 radical (unpaired) electrons. The highest BCUT2D eigenvalue weighted by Crippen LogP contribution is 2.17. The molecule has 0 fully saturated rings. The minimum atomic E-state index is -1.22. The number of carbonyl (C=O) groups is 6. The molecule has 1 aromatic heterocycles. The van der Waals surface area contributed by atoms with Crippen LogP contribution in [0.2, 0.25) is 0 Å². The number of pyridine rings is 1. The van der Waals surface area contributed by atoms with Gasteiger partial charge >= 0.3 is 30.0 Å². The first-order chi connectivity index (χ1) is 27.6. The number of nitrogens with zero attached hydrogens (tertiary/aromatic N) is 1. The third-order valence-electron chi connectivity index (χ3n) is 8.18. The van der Waals surface area contributed by atoms with Gasteiger partial charge in [-0.15, -0.1) is 0 Å². The summed E-state index contributed by atoms with van der Waals surface area (Å²) in [5.41, 5.74) is -0.152. The number of alkyl carbamates (subject to hydrolysis) is 1. The van der Waals surface area contributed by atoms with Crippen molar-refractivity contribution in [2.75, 3.05) is 6.54 Å². The summed E-state index contributed by atoms with van der Waals surface area (Å²) < 4.78 is 21.8. The lowest BCUT2D eigenvalue weighted by molar-refractivity contribution is -0.159. The van der Waals surface area contributed by atoms with Crippen molar-refractivity contribution < 1.29 is 47.7 Å². The number of benzene rings is 2. The lowest BCUT2D eigenvalue weighted by Crippen LogP contribution is -2.53. The van der Waals surface area contributed by atoms with E-state index in [4.69, 9.17) is 18.9 Å². The number of nitrogens with one attached hydrogen (secondary N) is 4. The second-order valence-electron chi connectivity index (χ2n) is 17.2. The number of urea groups is 1. The number of esters is 3. The van der Waals surface area contributed by atoms with E-state index in [9.17, 15) is 28.8 Å².